The Bertz CT molecular complexity index is 651. The summed E-state index contributed by atoms with van der Waals surface area (Å²) in [7, 11) is -3.21. The number of hydrogen-bond donors (Lipinski definition) is 1. The smallest absolute Gasteiger partial charge is 0.212 e. The van der Waals surface area contributed by atoms with Crippen molar-refractivity contribution in [1.29, 1.82) is 0 Å². The van der Waals surface area contributed by atoms with Gasteiger partial charge in [0.25, 0.3) is 0 Å². The van der Waals surface area contributed by atoms with Crippen LogP contribution in [0.3, 0.4) is 0 Å². The van der Waals surface area contributed by atoms with Crippen molar-refractivity contribution in [2.24, 2.45) is 0 Å². The van der Waals surface area contributed by atoms with Gasteiger partial charge in [0.15, 0.2) is 0 Å². The first-order valence-electron chi connectivity index (χ1n) is 7.12. The van der Waals surface area contributed by atoms with E-state index in [1.54, 1.807) is 6.20 Å². The van der Waals surface area contributed by atoms with Gasteiger partial charge in [-0.15, -0.1) is 0 Å². The van der Waals surface area contributed by atoms with Gasteiger partial charge in [-0.1, -0.05) is 43.7 Å². The molecule has 1 aromatic carbocycles. The molecule has 0 amide bonds. The standard InChI is InChI=1S/C15H21N3O2S/c1-2-3-11-21(19,20)17-12-15-16-9-10-18(15)13-14-7-5-4-6-8-14/h4-10,17H,2-3,11-13H2,1H3. The van der Waals surface area contributed by atoms with E-state index in [0.717, 1.165) is 17.8 Å². The molecule has 1 aromatic heterocycles. The quantitative estimate of drug-likeness (QED) is 0.813. The highest BCUT2D eigenvalue weighted by molar-refractivity contribution is 7.89. The summed E-state index contributed by atoms with van der Waals surface area (Å²) in [5.74, 6) is 0.891. The molecule has 6 heteroatoms. The van der Waals surface area contributed by atoms with Gasteiger partial charge in [0, 0.05) is 18.9 Å². The molecule has 0 spiro atoms. The largest absolute Gasteiger partial charge is 0.329 e. The molecule has 0 saturated heterocycles. The predicted molar refractivity (Wildman–Crippen MR) is 83.3 cm³/mol. The third-order valence-electron chi connectivity index (χ3n) is 3.21. The maximum Gasteiger partial charge on any atom is 0.212 e. The van der Waals surface area contributed by atoms with Crippen molar-refractivity contribution in [1.82, 2.24) is 14.3 Å². The fourth-order valence-electron chi connectivity index (χ4n) is 2.01. The third-order valence-corrected chi connectivity index (χ3v) is 4.62. The van der Waals surface area contributed by atoms with Gasteiger partial charge < -0.3 is 4.57 Å². The molecule has 0 fully saturated rings. The van der Waals surface area contributed by atoms with Crippen LogP contribution in [0.1, 0.15) is 31.2 Å². The van der Waals surface area contributed by atoms with Crippen LogP contribution in [0.15, 0.2) is 42.7 Å². The summed E-state index contributed by atoms with van der Waals surface area (Å²) in [6, 6.07) is 10.0. The normalized spacial score (nSPS) is 11.7. The van der Waals surface area contributed by atoms with Crippen LogP contribution in [0.25, 0.3) is 0 Å². The van der Waals surface area contributed by atoms with E-state index >= 15 is 0 Å². The second-order valence-electron chi connectivity index (χ2n) is 4.95. The molecule has 0 saturated carbocycles. The van der Waals surface area contributed by atoms with Gasteiger partial charge in [0.2, 0.25) is 10.0 Å². The van der Waals surface area contributed by atoms with Crippen LogP contribution in [-0.2, 0) is 23.1 Å². The number of nitrogens with one attached hydrogen (secondary N) is 1. The van der Waals surface area contributed by atoms with E-state index in [0.29, 0.717) is 13.0 Å². The molecule has 21 heavy (non-hydrogen) atoms. The fourth-order valence-corrected chi connectivity index (χ4v) is 3.17. The third kappa shape index (κ3) is 4.99. The molecule has 1 heterocycles. The Morgan fingerprint density at radius 2 is 2.00 bits per heavy atom. The number of unbranched alkanes of at least 4 members (excludes halogenated alkanes) is 1. The number of aromatic nitrogens is 2. The first-order chi connectivity index (χ1) is 10.1. The maximum atomic E-state index is 11.8. The molecule has 0 aliphatic heterocycles. The van der Waals surface area contributed by atoms with E-state index < -0.39 is 10.0 Å². The van der Waals surface area contributed by atoms with Gasteiger partial charge in [-0.05, 0) is 12.0 Å². The number of hydrogen-bond acceptors (Lipinski definition) is 3. The monoisotopic (exact) mass is 307 g/mol. The molecule has 0 bridgehead atoms. The van der Waals surface area contributed by atoms with E-state index in [1.807, 2.05) is 48.0 Å². The SMILES string of the molecule is CCCCS(=O)(=O)NCc1nccn1Cc1ccccc1. The fraction of sp³-hybridized carbons (Fsp3) is 0.400. The van der Waals surface area contributed by atoms with Crippen molar-refractivity contribution in [3.05, 3.63) is 54.1 Å². The summed E-state index contributed by atoms with van der Waals surface area (Å²) in [5, 5.41) is 0. The number of sulfonamides is 1. The number of benzene rings is 1. The van der Waals surface area contributed by atoms with Crippen molar-refractivity contribution < 1.29 is 8.42 Å². The zero-order chi connectivity index (χ0) is 15.1. The summed E-state index contributed by atoms with van der Waals surface area (Å²) in [6.45, 7) is 2.89. The van der Waals surface area contributed by atoms with Crippen molar-refractivity contribution in [2.45, 2.75) is 32.9 Å². The van der Waals surface area contributed by atoms with Gasteiger partial charge in [-0.2, -0.15) is 0 Å². The number of nitrogens with zero attached hydrogens (tertiary/aromatic N) is 2. The van der Waals surface area contributed by atoms with Crippen molar-refractivity contribution in [2.75, 3.05) is 5.75 Å². The molecule has 0 aliphatic rings. The Kier molecular flexibility index (Phi) is 5.52. The van der Waals surface area contributed by atoms with Crippen LogP contribution in [0, 0.1) is 0 Å². The molecule has 1 N–H and O–H groups in total. The van der Waals surface area contributed by atoms with Crippen LogP contribution < -0.4 is 4.72 Å². The molecular weight excluding hydrogens is 286 g/mol. The van der Waals surface area contributed by atoms with Crippen LogP contribution >= 0.6 is 0 Å². The topological polar surface area (TPSA) is 64.0 Å². The first kappa shape index (κ1) is 15.7. The van der Waals surface area contributed by atoms with Crippen molar-refractivity contribution >= 4 is 10.0 Å². The minimum Gasteiger partial charge on any atom is -0.329 e. The lowest BCUT2D eigenvalue weighted by molar-refractivity contribution is 0.573. The van der Waals surface area contributed by atoms with E-state index in [2.05, 4.69) is 9.71 Å². The minimum absolute atomic E-state index is 0.170. The second-order valence-corrected chi connectivity index (χ2v) is 6.88. The molecule has 2 aromatic rings. The van der Waals surface area contributed by atoms with Crippen LogP contribution in [-0.4, -0.2) is 23.7 Å². The highest BCUT2D eigenvalue weighted by Gasteiger charge is 2.11. The highest BCUT2D eigenvalue weighted by Crippen LogP contribution is 2.06. The second kappa shape index (κ2) is 7.38. The van der Waals surface area contributed by atoms with E-state index in [-0.39, 0.29) is 12.3 Å². The predicted octanol–water partition coefficient (Wildman–Crippen LogP) is 2.15. The molecule has 2 rings (SSSR count). The Labute approximate surface area is 126 Å². The summed E-state index contributed by atoms with van der Waals surface area (Å²) < 4.78 is 28.2. The zero-order valence-electron chi connectivity index (χ0n) is 12.2. The van der Waals surface area contributed by atoms with E-state index in [4.69, 9.17) is 0 Å². The molecule has 114 valence electrons. The number of imidazole rings is 1. The van der Waals surface area contributed by atoms with Crippen LogP contribution in [0.2, 0.25) is 0 Å². The molecule has 5 nitrogen and oxygen atoms in total. The zero-order valence-corrected chi connectivity index (χ0v) is 13.0. The van der Waals surface area contributed by atoms with Crippen LogP contribution in [0.5, 0.6) is 0 Å². The Morgan fingerprint density at radius 3 is 2.71 bits per heavy atom. The summed E-state index contributed by atoms with van der Waals surface area (Å²) in [4.78, 5) is 4.23. The van der Waals surface area contributed by atoms with Gasteiger partial charge in [0.1, 0.15) is 5.82 Å². The minimum atomic E-state index is -3.21. The molecule has 0 unspecified atom stereocenters. The maximum absolute atomic E-state index is 11.8. The average molecular weight is 307 g/mol. The Hall–Kier alpha value is -1.66. The van der Waals surface area contributed by atoms with Gasteiger partial charge in [-0.25, -0.2) is 18.1 Å². The van der Waals surface area contributed by atoms with Gasteiger partial charge in [0.05, 0.1) is 12.3 Å². The Balaban J connectivity index is 1.98. The van der Waals surface area contributed by atoms with Crippen LogP contribution in [0.4, 0.5) is 0 Å². The molecular formula is C15H21N3O2S. The van der Waals surface area contributed by atoms with Crippen molar-refractivity contribution in [3.8, 4) is 0 Å². The number of rotatable bonds is 8. The van der Waals surface area contributed by atoms with Crippen molar-refractivity contribution in [3.63, 3.8) is 0 Å². The van der Waals surface area contributed by atoms with E-state index in [1.165, 1.54) is 0 Å². The summed E-state index contributed by atoms with van der Waals surface area (Å²) in [5.41, 5.74) is 1.16. The molecule has 0 atom stereocenters. The van der Waals surface area contributed by atoms with Gasteiger partial charge in [-0.3, -0.25) is 0 Å². The lowest BCUT2D eigenvalue weighted by Crippen LogP contribution is -2.27. The lowest BCUT2D eigenvalue weighted by atomic mass is 10.2. The van der Waals surface area contributed by atoms with E-state index in [9.17, 15) is 8.42 Å². The first-order valence-corrected chi connectivity index (χ1v) is 8.77. The summed E-state index contributed by atoms with van der Waals surface area (Å²) in [6.07, 6.45) is 5.10. The summed E-state index contributed by atoms with van der Waals surface area (Å²) >= 11 is 0. The molecule has 0 radical (unpaired) electrons. The Morgan fingerprint density at radius 1 is 1.24 bits per heavy atom. The lowest BCUT2D eigenvalue weighted by Gasteiger charge is -2.09. The molecule has 0 aliphatic carbocycles. The highest BCUT2D eigenvalue weighted by atomic mass is 32.2. The van der Waals surface area contributed by atoms with Gasteiger partial charge >= 0.3 is 0 Å². The average Bonchev–Trinajstić information content (AvgIpc) is 2.92.